The molecule has 1 aliphatic rings. The second-order valence-corrected chi connectivity index (χ2v) is 5.01. The van der Waals surface area contributed by atoms with Gasteiger partial charge in [-0.25, -0.2) is 4.98 Å². The molecule has 0 saturated heterocycles. The van der Waals surface area contributed by atoms with Gasteiger partial charge in [-0.05, 0) is 26.0 Å². The number of imidazole rings is 1. The molecule has 2 heterocycles. The minimum absolute atomic E-state index is 0.0188. The molecule has 0 unspecified atom stereocenters. The molecule has 1 aliphatic heterocycles. The third kappa shape index (κ3) is 1.78. The van der Waals surface area contributed by atoms with Crippen molar-refractivity contribution < 1.29 is 4.79 Å². The van der Waals surface area contributed by atoms with Crippen molar-refractivity contribution in [2.45, 2.75) is 19.9 Å². The molecule has 0 bridgehead atoms. The number of nitrogens with zero attached hydrogens (tertiary/aromatic N) is 2. The molecule has 0 atom stereocenters. The molecular formula is C14H16N4O. The van der Waals surface area contributed by atoms with Gasteiger partial charge in [-0.1, -0.05) is 12.1 Å². The summed E-state index contributed by atoms with van der Waals surface area (Å²) in [5.74, 6) is 1.09. The lowest BCUT2D eigenvalue weighted by Crippen LogP contribution is -2.32. The topological polar surface area (TPSA) is 75.0 Å². The van der Waals surface area contributed by atoms with Gasteiger partial charge >= 0.3 is 0 Å². The van der Waals surface area contributed by atoms with Crippen LogP contribution in [0.3, 0.4) is 0 Å². The Balaban J connectivity index is 2.12. The molecule has 0 radical (unpaired) electrons. The number of aromatic nitrogens is 2. The maximum Gasteiger partial charge on any atom is 0.189 e. The van der Waals surface area contributed by atoms with Crippen molar-refractivity contribution in [1.82, 2.24) is 14.9 Å². The summed E-state index contributed by atoms with van der Waals surface area (Å²) in [6, 6.07) is 7.89. The van der Waals surface area contributed by atoms with E-state index in [2.05, 4.69) is 9.97 Å². The lowest BCUT2D eigenvalue weighted by Gasteiger charge is -2.22. The van der Waals surface area contributed by atoms with Crippen LogP contribution in [0.2, 0.25) is 0 Å². The van der Waals surface area contributed by atoms with Crippen LogP contribution in [-0.2, 0) is 4.79 Å². The van der Waals surface area contributed by atoms with Crippen LogP contribution in [0, 0.1) is 0 Å². The molecule has 98 valence electrons. The summed E-state index contributed by atoms with van der Waals surface area (Å²) in [6.07, 6.45) is 0. The molecule has 5 nitrogen and oxygen atoms in total. The summed E-state index contributed by atoms with van der Waals surface area (Å²) >= 11 is 0. The number of rotatable bonds is 2. The molecular weight excluding hydrogens is 240 g/mol. The van der Waals surface area contributed by atoms with E-state index in [1.54, 1.807) is 0 Å². The first-order valence-electron chi connectivity index (χ1n) is 6.32. The van der Waals surface area contributed by atoms with E-state index < -0.39 is 0 Å². The average Bonchev–Trinajstić information content (AvgIpc) is 2.90. The smallest absolute Gasteiger partial charge is 0.189 e. The number of hydrogen-bond donors (Lipinski definition) is 2. The second-order valence-electron chi connectivity index (χ2n) is 5.01. The summed E-state index contributed by atoms with van der Waals surface area (Å²) in [5.41, 5.74) is 8.35. The molecule has 19 heavy (non-hydrogen) atoms. The molecule has 0 amide bonds. The Morgan fingerprint density at radius 3 is 2.74 bits per heavy atom. The van der Waals surface area contributed by atoms with Gasteiger partial charge in [0.2, 0.25) is 0 Å². The number of para-hydroxylation sites is 2. The second kappa shape index (κ2) is 4.12. The normalized spacial score (nSPS) is 16.2. The van der Waals surface area contributed by atoms with Crippen molar-refractivity contribution in [2.75, 3.05) is 6.54 Å². The van der Waals surface area contributed by atoms with Crippen molar-refractivity contribution >= 4 is 22.4 Å². The Bertz CT molecular complexity index is 651. The average molecular weight is 256 g/mol. The number of carbonyl (C=O) groups is 1. The number of carbonyl (C=O) groups excluding carboxylic acids is 1. The maximum absolute atomic E-state index is 12.1. The molecule has 0 spiro atoms. The fourth-order valence-electron chi connectivity index (χ4n) is 2.39. The van der Waals surface area contributed by atoms with Crippen LogP contribution in [0.5, 0.6) is 0 Å². The van der Waals surface area contributed by atoms with Crippen LogP contribution >= 0.6 is 0 Å². The van der Waals surface area contributed by atoms with Gasteiger partial charge in [0.15, 0.2) is 5.78 Å². The molecule has 0 aliphatic carbocycles. The highest BCUT2D eigenvalue weighted by molar-refractivity contribution is 6.23. The summed E-state index contributed by atoms with van der Waals surface area (Å²) < 4.78 is 0. The number of nitrogens with one attached hydrogen (secondary N) is 1. The van der Waals surface area contributed by atoms with Crippen LogP contribution in [0.15, 0.2) is 30.1 Å². The van der Waals surface area contributed by atoms with Gasteiger partial charge in [-0.3, -0.25) is 4.79 Å². The number of nitrogens with two attached hydrogens (primary N) is 1. The summed E-state index contributed by atoms with van der Waals surface area (Å²) in [4.78, 5) is 21.6. The lowest BCUT2D eigenvalue weighted by molar-refractivity contribution is -0.113. The van der Waals surface area contributed by atoms with Gasteiger partial charge in [0.25, 0.3) is 0 Å². The van der Waals surface area contributed by atoms with Crippen molar-refractivity contribution in [3.63, 3.8) is 0 Å². The Kier molecular flexibility index (Phi) is 2.55. The van der Waals surface area contributed by atoms with Crippen molar-refractivity contribution in [2.24, 2.45) is 5.73 Å². The zero-order chi connectivity index (χ0) is 13.6. The number of fused-ring (bicyclic) bond motifs is 1. The van der Waals surface area contributed by atoms with Crippen molar-refractivity contribution in [3.05, 3.63) is 35.9 Å². The first-order chi connectivity index (χ1) is 9.08. The molecule has 2 aromatic rings. The fraction of sp³-hybridized carbons (Fsp3) is 0.286. The molecule has 3 rings (SSSR count). The van der Waals surface area contributed by atoms with E-state index in [-0.39, 0.29) is 11.8 Å². The van der Waals surface area contributed by atoms with Gasteiger partial charge < -0.3 is 15.6 Å². The molecule has 0 fully saturated rings. The van der Waals surface area contributed by atoms with Crippen LogP contribution in [0.25, 0.3) is 16.6 Å². The number of Topliss-reactive ketones (excluding diaryl/α,β-unsaturated/α-hetero) is 1. The summed E-state index contributed by atoms with van der Waals surface area (Å²) in [5, 5.41) is 0. The zero-order valence-electron chi connectivity index (χ0n) is 11.0. The van der Waals surface area contributed by atoms with E-state index in [9.17, 15) is 4.79 Å². The van der Waals surface area contributed by atoms with Crippen LogP contribution < -0.4 is 5.73 Å². The van der Waals surface area contributed by atoms with Crippen molar-refractivity contribution in [3.8, 4) is 0 Å². The van der Waals surface area contributed by atoms with Crippen molar-refractivity contribution in [1.29, 1.82) is 0 Å². The minimum atomic E-state index is 0.0188. The van der Waals surface area contributed by atoms with E-state index >= 15 is 0 Å². The predicted molar refractivity (Wildman–Crippen MR) is 74.1 cm³/mol. The molecule has 5 heteroatoms. The first kappa shape index (κ1) is 11.8. The number of benzene rings is 1. The summed E-state index contributed by atoms with van der Waals surface area (Å²) in [7, 11) is 0. The Morgan fingerprint density at radius 2 is 2.11 bits per heavy atom. The Labute approximate surface area is 111 Å². The van der Waals surface area contributed by atoms with Gasteiger partial charge in [0.05, 0.1) is 17.6 Å². The monoisotopic (exact) mass is 256 g/mol. The molecule has 1 aromatic carbocycles. The Hall–Kier alpha value is -2.30. The van der Waals surface area contributed by atoms with E-state index in [0.717, 1.165) is 11.0 Å². The summed E-state index contributed by atoms with van der Waals surface area (Å²) in [6.45, 7) is 4.36. The standard InChI is InChI=1S/C14H16N4O/c1-8(2)18-7-11(19)12(13(18)15)14-16-9-5-3-4-6-10(9)17-14/h3-6,8H,7,15H2,1-2H3,(H,16,17). The van der Waals surface area contributed by atoms with Crippen LogP contribution in [0.4, 0.5) is 0 Å². The minimum Gasteiger partial charge on any atom is -0.385 e. The van der Waals surface area contributed by atoms with E-state index in [1.165, 1.54) is 0 Å². The molecule has 1 aromatic heterocycles. The highest BCUT2D eigenvalue weighted by Gasteiger charge is 2.32. The predicted octanol–water partition coefficient (Wildman–Crippen LogP) is 1.48. The largest absolute Gasteiger partial charge is 0.385 e. The third-order valence-corrected chi connectivity index (χ3v) is 3.41. The van der Waals surface area contributed by atoms with Gasteiger partial charge in [0.1, 0.15) is 17.2 Å². The first-order valence-corrected chi connectivity index (χ1v) is 6.32. The van der Waals surface area contributed by atoms with Gasteiger partial charge in [-0.2, -0.15) is 0 Å². The van der Waals surface area contributed by atoms with E-state index in [4.69, 9.17) is 5.73 Å². The van der Waals surface area contributed by atoms with Gasteiger partial charge in [-0.15, -0.1) is 0 Å². The number of H-pyrrole nitrogens is 1. The highest BCUT2D eigenvalue weighted by atomic mass is 16.1. The van der Waals surface area contributed by atoms with Gasteiger partial charge in [0, 0.05) is 6.04 Å². The number of hydrogen-bond acceptors (Lipinski definition) is 4. The SMILES string of the molecule is CC(C)N1CC(=O)C(c2nc3ccccc3[nH]2)=C1N. The fourth-order valence-corrected chi connectivity index (χ4v) is 2.39. The molecule has 0 saturated carbocycles. The lowest BCUT2D eigenvalue weighted by atomic mass is 10.2. The third-order valence-electron chi connectivity index (χ3n) is 3.41. The van der Waals surface area contributed by atoms with Crippen LogP contribution in [-0.4, -0.2) is 33.2 Å². The van der Waals surface area contributed by atoms with E-state index in [0.29, 0.717) is 23.8 Å². The quantitative estimate of drug-likeness (QED) is 0.853. The van der Waals surface area contributed by atoms with Crippen LogP contribution in [0.1, 0.15) is 19.7 Å². The number of aromatic amines is 1. The maximum atomic E-state index is 12.1. The number of ketones is 1. The highest BCUT2D eigenvalue weighted by Crippen LogP contribution is 2.27. The zero-order valence-corrected chi connectivity index (χ0v) is 11.0. The molecule has 3 N–H and O–H groups in total. The van der Waals surface area contributed by atoms with E-state index in [1.807, 2.05) is 43.0 Å². The Morgan fingerprint density at radius 1 is 1.37 bits per heavy atom.